The fraction of sp³-hybridized carbons (Fsp3) is 0.533. The molecule has 0 spiro atoms. The van der Waals surface area contributed by atoms with Gasteiger partial charge in [0.2, 0.25) is 5.91 Å². The van der Waals surface area contributed by atoms with Crippen LogP contribution in [0.15, 0.2) is 24.3 Å². The summed E-state index contributed by atoms with van der Waals surface area (Å²) in [5.74, 6) is 0.337. The van der Waals surface area contributed by atoms with E-state index in [0.717, 1.165) is 13.1 Å². The summed E-state index contributed by atoms with van der Waals surface area (Å²) in [5, 5.41) is 0. The molecular weight excluding hydrogens is 210 g/mol. The molecule has 0 aliphatic carbocycles. The molecule has 1 aliphatic rings. The molecule has 1 amide bonds. The van der Waals surface area contributed by atoms with Gasteiger partial charge >= 0.3 is 0 Å². The number of carbonyl (C=O) groups excluding carboxylic acids is 1. The second kappa shape index (κ2) is 4.17. The van der Waals surface area contributed by atoms with Crippen LogP contribution in [0.4, 0.5) is 0 Å². The van der Waals surface area contributed by atoms with Crippen LogP contribution in [0.5, 0.6) is 0 Å². The van der Waals surface area contributed by atoms with Gasteiger partial charge in [0.05, 0.1) is 0 Å². The molecule has 0 N–H and O–H groups in total. The van der Waals surface area contributed by atoms with Crippen LogP contribution in [0.1, 0.15) is 38.8 Å². The summed E-state index contributed by atoms with van der Waals surface area (Å²) < 4.78 is 0. The third-order valence-corrected chi connectivity index (χ3v) is 3.50. The highest BCUT2D eigenvalue weighted by molar-refractivity contribution is 5.78. The molecule has 0 saturated carbocycles. The quantitative estimate of drug-likeness (QED) is 0.727. The van der Waals surface area contributed by atoms with Crippen LogP contribution in [0.2, 0.25) is 0 Å². The highest BCUT2D eigenvalue weighted by Gasteiger charge is 2.33. The summed E-state index contributed by atoms with van der Waals surface area (Å²) in [5.41, 5.74) is 2.73. The van der Waals surface area contributed by atoms with E-state index in [0.29, 0.717) is 0 Å². The van der Waals surface area contributed by atoms with Gasteiger partial charge in [-0.05, 0) is 11.1 Å². The molecule has 1 aliphatic heterocycles. The molecule has 0 atom stereocenters. The van der Waals surface area contributed by atoms with Crippen LogP contribution >= 0.6 is 0 Å². The lowest BCUT2D eigenvalue weighted by Gasteiger charge is -2.40. The lowest BCUT2D eigenvalue weighted by molar-refractivity contribution is -0.136. The highest BCUT2D eigenvalue weighted by atomic mass is 16.2. The summed E-state index contributed by atoms with van der Waals surface area (Å²) in [6.07, 6.45) is 0. The van der Waals surface area contributed by atoms with Gasteiger partial charge in [0.1, 0.15) is 0 Å². The van der Waals surface area contributed by atoms with Gasteiger partial charge < -0.3 is 4.90 Å². The van der Waals surface area contributed by atoms with Crippen molar-refractivity contribution >= 4 is 5.91 Å². The maximum absolute atomic E-state index is 12.1. The van der Waals surface area contributed by atoms with Gasteiger partial charge in [-0.2, -0.15) is 0 Å². The van der Waals surface area contributed by atoms with Crippen molar-refractivity contribution in [2.45, 2.75) is 39.7 Å². The van der Waals surface area contributed by atoms with E-state index in [1.807, 2.05) is 18.7 Å². The van der Waals surface area contributed by atoms with E-state index in [4.69, 9.17) is 0 Å². The first-order chi connectivity index (χ1) is 7.92. The minimum absolute atomic E-state index is 0.0550. The van der Waals surface area contributed by atoms with Crippen molar-refractivity contribution in [1.82, 2.24) is 4.90 Å². The van der Waals surface area contributed by atoms with Crippen molar-refractivity contribution in [2.24, 2.45) is 5.92 Å². The Bertz CT molecular complexity index is 434. The van der Waals surface area contributed by atoms with Crippen LogP contribution in [-0.2, 0) is 16.8 Å². The first-order valence-corrected chi connectivity index (χ1v) is 6.29. The minimum Gasteiger partial charge on any atom is -0.337 e. The van der Waals surface area contributed by atoms with E-state index in [9.17, 15) is 4.79 Å². The number of rotatable bonds is 1. The Balaban J connectivity index is 2.34. The van der Waals surface area contributed by atoms with Gasteiger partial charge in [-0.15, -0.1) is 0 Å². The second-order valence-corrected chi connectivity index (χ2v) is 5.89. The number of benzene rings is 1. The topological polar surface area (TPSA) is 20.3 Å². The number of hydrogen-bond donors (Lipinski definition) is 0. The van der Waals surface area contributed by atoms with Crippen molar-refractivity contribution in [2.75, 3.05) is 6.54 Å². The molecule has 0 aromatic heterocycles. The van der Waals surface area contributed by atoms with Gasteiger partial charge in [-0.1, -0.05) is 52.0 Å². The molecule has 0 unspecified atom stereocenters. The van der Waals surface area contributed by atoms with E-state index in [-0.39, 0.29) is 17.2 Å². The largest absolute Gasteiger partial charge is 0.337 e. The summed E-state index contributed by atoms with van der Waals surface area (Å²) >= 11 is 0. The summed E-state index contributed by atoms with van der Waals surface area (Å²) in [6.45, 7) is 9.94. The third kappa shape index (κ3) is 2.21. The van der Waals surface area contributed by atoms with Crippen LogP contribution in [0.3, 0.4) is 0 Å². The second-order valence-electron chi connectivity index (χ2n) is 5.89. The number of nitrogens with zero attached hydrogens (tertiary/aromatic N) is 1. The van der Waals surface area contributed by atoms with Crippen LogP contribution < -0.4 is 0 Å². The summed E-state index contributed by atoms with van der Waals surface area (Å²) in [4.78, 5) is 14.1. The first kappa shape index (κ1) is 12.2. The van der Waals surface area contributed by atoms with E-state index in [1.54, 1.807) is 0 Å². The Morgan fingerprint density at radius 3 is 2.59 bits per heavy atom. The predicted molar refractivity (Wildman–Crippen MR) is 69.7 cm³/mol. The maximum atomic E-state index is 12.1. The number of amides is 1. The van der Waals surface area contributed by atoms with E-state index < -0.39 is 0 Å². The zero-order valence-electron chi connectivity index (χ0n) is 11.2. The first-order valence-electron chi connectivity index (χ1n) is 6.29. The molecule has 0 fully saturated rings. The van der Waals surface area contributed by atoms with Gasteiger partial charge in [0.15, 0.2) is 0 Å². The maximum Gasteiger partial charge on any atom is 0.225 e. The molecule has 92 valence electrons. The Morgan fingerprint density at radius 2 is 1.94 bits per heavy atom. The molecule has 2 heteroatoms. The molecule has 0 saturated heterocycles. The average molecular weight is 231 g/mol. The Kier molecular flexibility index (Phi) is 2.98. The van der Waals surface area contributed by atoms with Crippen LogP contribution in [0, 0.1) is 5.92 Å². The molecule has 1 aromatic rings. The zero-order chi connectivity index (χ0) is 12.6. The summed E-state index contributed by atoms with van der Waals surface area (Å²) in [6, 6.07) is 8.46. The lowest BCUT2D eigenvalue weighted by Crippen LogP contribution is -2.46. The van der Waals surface area contributed by atoms with Crippen molar-refractivity contribution in [3.8, 4) is 0 Å². The van der Waals surface area contributed by atoms with Gasteiger partial charge in [0, 0.05) is 24.4 Å². The number of hydrogen-bond acceptors (Lipinski definition) is 1. The van der Waals surface area contributed by atoms with Crippen molar-refractivity contribution in [3.05, 3.63) is 35.4 Å². The van der Waals surface area contributed by atoms with Gasteiger partial charge in [0.25, 0.3) is 0 Å². The zero-order valence-corrected chi connectivity index (χ0v) is 11.2. The minimum atomic E-state index is 0.0550. The Labute approximate surface area is 104 Å². The van der Waals surface area contributed by atoms with Crippen LogP contribution in [-0.4, -0.2) is 17.4 Å². The molecule has 0 radical (unpaired) electrons. The molecule has 2 rings (SSSR count). The SMILES string of the molecule is CC(C)C(=O)N1Cc2ccccc2C(C)(C)C1. The summed E-state index contributed by atoms with van der Waals surface area (Å²) in [7, 11) is 0. The van der Waals surface area contributed by atoms with Crippen LogP contribution in [0.25, 0.3) is 0 Å². The lowest BCUT2D eigenvalue weighted by atomic mass is 9.78. The monoisotopic (exact) mass is 231 g/mol. The number of fused-ring (bicyclic) bond motifs is 1. The average Bonchev–Trinajstić information content (AvgIpc) is 2.27. The molecule has 1 heterocycles. The molecule has 0 bridgehead atoms. The standard InChI is InChI=1S/C15H21NO/c1-11(2)14(17)16-9-12-7-5-6-8-13(12)15(3,4)10-16/h5-8,11H,9-10H2,1-4H3. The normalized spacial score (nSPS) is 18.1. The van der Waals surface area contributed by atoms with E-state index in [2.05, 4.69) is 38.1 Å². The van der Waals surface area contributed by atoms with Crippen molar-refractivity contribution < 1.29 is 4.79 Å². The highest BCUT2D eigenvalue weighted by Crippen LogP contribution is 2.33. The Hall–Kier alpha value is -1.31. The smallest absolute Gasteiger partial charge is 0.225 e. The van der Waals surface area contributed by atoms with Gasteiger partial charge in [-0.25, -0.2) is 0 Å². The van der Waals surface area contributed by atoms with Gasteiger partial charge in [-0.3, -0.25) is 4.79 Å². The molecule has 17 heavy (non-hydrogen) atoms. The molecule has 1 aromatic carbocycles. The van der Waals surface area contributed by atoms with Crippen molar-refractivity contribution in [1.29, 1.82) is 0 Å². The Morgan fingerprint density at radius 1 is 1.29 bits per heavy atom. The fourth-order valence-corrected chi connectivity index (χ4v) is 2.66. The fourth-order valence-electron chi connectivity index (χ4n) is 2.66. The third-order valence-electron chi connectivity index (χ3n) is 3.50. The van der Waals surface area contributed by atoms with Crippen molar-refractivity contribution in [3.63, 3.8) is 0 Å². The number of carbonyl (C=O) groups is 1. The molecule has 2 nitrogen and oxygen atoms in total. The van der Waals surface area contributed by atoms with E-state index in [1.165, 1.54) is 11.1 Å². The van der Waals surface area contributed by atoms with E-state index >= 15 is 0 Å². The predicted octanol–water partition coefficient (Wildman–Crippen LogP) is 2.96. The molecular formula is C15H21NO.